The smallest absolute Gasteiger partial charge is 0.242 e. The van der Waals surface area contributed by atoms with Gasteiger partial charge in [-0.2, -0.15) is 4.72 Å². The quantitative estimate of drug-likeness (QED) is 0.771. The van der Waals surface area contributed by atoms with E-state index in [9.17, 15) is 13.2 Å². The van der Waals surface area contributed by atoms with Crippen LogP contribution in [-0.2, 0) is 14.8 Å². The van der Waals surface area contributed by atoms with E-state index in [1.807, 2.05) is 13.0 Å². The van der Waals surface area contributed by atoms with E-state index in [0.29, 0.717) is 17.2 Å². The molecule has 1 atom stereocenters. The first-order valence-corrected chi connectivity index (χ1v) is 9.37. The summed E-state index contributed by atoms with van der Waals surface area (Å²) in [6.07, 6.45) is 0. The Morgan fingerprint density at radius 1 is 1.04 bits per heavy atom. The molecule has 0 saturated carbocycles. The average molecular weight is 378 g/mol. The maximum Gasteiger partial charge on any atom is 0.242 e. The van der Waals surface area contributed by atoms with Crippen molar-refractivity contribution >= 4 is 21.6 Å². The van der Waals surface area contributed by atoms with E-state index < -0.39 is 22.0 Å². The monoisotopic (exact) mass is 378 g/mol. The number of hydrogen-bond acceptors (Lipinski definition) is 5. The van der Waals surface area contributed by atoms with Crippen LogP contribution in [0, 0.1) is 6.92 Å². The molecule has 140 valence electrons. The predicted octanol–water partition coefficient (Wildman–Crippen LogP) is 2.32. The fourth-order valence-corrected chi connectivity index (χ4v) is 3.47. The SMILES string of the molecule is COc1ccc(S(=O)(=O)N[C@@H](C)C(=O)Nc2cc(C)ccc2OC)cc1. The van der Waals surface area contributed by atoms with Crippen LogP contribution in [0.5, 0.6) is 11.5 Å². The first-order chi connectivity index (χ1) is 12.3. The third-order valence-electron chi connectivity index (χ3n) is 3.71. The van der Waals surface area contributed by atoms with Crippen LogP contribution in [0.3, 0.4) is 0 Å². The Hall–Kier alpha value is -2.58. The van der Waals surface area contributed by atoms with Gasteiger partial charge in [-0.05, 0) is 55.8 Å². The Morgan fingerprint density at radius 3 is 2.27 bits per heavy atom. The third kappa shape index (κ3) is 4.74. The average Bonchev–Trinajstić information content (AvgIpc) is 2.61. The number of hydrogen-bond donors (Lipinski definition) is 2. The van der Waals surface area contributed by atoms with Gasteiger partial charge in [0.05, 0.1) is 30.8 Å². The van der Waals surface area contributed by atoms with Crippen molar-refractivity contribution in [3.05, 3.63) is 48.0 Å². The van der Waals surface area contributed by atoms with Gasteiger partial charge in [-0.25, -0.2) is 8.42 Å². The van der Waals surface area contributed by atoms with Crippen LogP contribution in [0.15, 0.2) is 47.4 Å². The van der Waals surface area contributed by atoms with E-state index in [1.165, 1.54) is 45.4 Å². The zero-order valence-electron chi connectivity index (χ0n) is 15.1. The van der Waals surface area contributed by atoms with E-state index >= 15 is 0 Å². The molecule has 0 aliphatic rings. The molecule has 0 saturated heterocycles. The molecule has 7 nitrogen and oxygen atoms in total. The molecule has 0 spiro atoms. The van der Waals surface area contributed by atoms with Crippen molar-refractivity contribution < 1.29 is 22.7 Å². The number of carbonyl (C=O) groups excluding carboxylic acids is 1. The Morgan fingerprint density at radius 2 is 1.69 bits per heavy atom. The van der Waals surface area contributed by atoms with E-state index in [-0.39, 0.29) is 4.90 Å². The molecule has 0 aliphatic carbocycles. The number of rotatable bonds is 7. The van der Waals surface area contributed by atoms with Gasteiger partial charge in [-0.1, -0.05) is 6.07 Å². The minimum absolute atomic E-state index is 0.0473. The minimum atomic E-state index is -3.84. The normalized spacial score (nSPS) is 12.3. The summed E-state index contributed by atoms with van der Waals surface area (Å²) >= 11 is 0. The molecule has 26 heavy (non-hydrogen) atoms. The summed E-state index contributed by atoms with van der Waals surface area (Å²) in [5.41, 5.74) is 1.42. The lowest BCUT2D eigenvalue weighted by molar-refractivity contribution is -0.117. The van der Waals surface area contributed by atoms with Crippen LogP contribution < -0.4 is 19.5 Å². The van der Waals surface area contributed by atoms with E-state index in [0.717, 1.165) is 5.56 Å². The van der Waals surface area contributed by atoms with E-state index in [4.69, 9.17) is 9.47 Å². The molecular weight excluding hydrogens is 356 g/mol. The standard InChI is InChI=1S/C18H22N2O5S/c1-12-5-10-17(25-4)16(11-12)19-18(21)13(2)20-26(22,23)15-8-6-14(24-3)7-9-15/h5-11,13,20H,1-4H3,(H,19,21)/t13-/m0/s1. The van der Waals surface area contributed by atoms with Crippen LogP contribution in [0.25, 0.3) is 0 Å². The molecule has 0 radical (unpaired) electrons. The summed E-state index contributed by atoms with van der Waals surface area (Å²) in [4.78, 5) is 12.4. The van der Waals surface area contributed by atoms with Crippen LogP contribution in [-0.4, -0.2) is 34.6 Å². The number of ether oxygens (including phenoxy) is 2. The highest BCUT2D eigenvalue weighted by atomic mass is 32.2. The number of sulfonamides is 1. The molecule has 8 heteroatoms. The molecule has 0 aromatic heterocycles. The second kappa shape index (κ2) is 8.20. The van der Waals surface area contributed by atoms with Crippen molar-refractivity contribution in [2.24, 2.45) is 0 Å². The van der Waals surface area contributed by atoms with Crippen molar-refractivity contribution in [1.82, 2.24) is 4.72 Å². The van der Waals surface area contributed by atoms with Crippen molar-refractivity contribution in [3.63, 3.8) is 0 Å². The first kappa shape index (κ1) is 19.7. The van der Waals surface area contributed by atoms with Gasteiger partial charge in [0, 0.05) is 0 Å². The predicted molar refractivity (Wildman–Crippen MR) is 99.1 cm³/mol. The van der Waals surface area contributed by atoms with Gasteiger partial charge in [-0.15, -0.1) is 0 Å². The van der Waals surface area contributed by atoms with Crippen molar-refractivity contribution in [3.8, 4) is 11.5 Å². The Bertz CT molecular complexity index is 879. The second-order valence-corrected chi connectivity index (χ2v) is 7.43. The van der Waals surface area contributed by atoms with Crippen LogP contribution >= 0.6 is 0 Å². The van der Waals surface area contributed by atoms with Gasteiger partial charge in [0.1, 0.15) is 11.5 Å². The van der Waals surface area contributed by atoms with Crippen molar-refractivity contribution in [2.45, 2.75) is 24.8 Å². The number of aryl methyl sites for hydroxylation is 1. The van der Waals surface area contributed by atoms with Crippen molar-refractivity contribution in [2.75, 3.05) is 19.5 Å². The molecule has 1 amide bonds. The van der Waals surface area contributed by atoms with E-state index in [2.05, 4.69) is 10.0 Å². The third-order valence-corrected chi connectivity index (χ3v) is 5.26. The maximum atomic E-state index is 12.4. The zero-order chi connectivity index (χ0) is 19.3. The first-order valence-electron chi connectivity index (χ1n) is 7.88. The molecule has 0 unspecified atom stereocenters. The lowest BCUT2D eigenvalue weighted by Gasteiger charge is -2.16. The summed E-state index contributed by atoms with van der Waals surface area (Å²) in [6, 6.07) is 10.3. The molecular formula is C18H22N2O5S. The Kier molecular flexibility index (Phi) is 6.23. The minimum Gasteiger partial charge on any atom is -0.497 e. The van der Waals surface area contributed by atoms with Gasteiger partial charge < -0.3 is 14.8 Å². The second-order valence-electron chi connectivity index (χ2n) is 5.71. The summed E-state index contributed by atoms with van der Waals surface area (Å²) in [5.74, 6) is 0.543. The van der Waals surface area contributed by atoms with Gasteiger partial charge in [0.2, 0.25) is 15.9 Å². The molecule has 2 aromatic rings. The Labute approximate surface area is 153 Å². The molecule has 0 bridgehead atoms. The van der Waals surface area contributed by atoms with Gasteiger partial charge in [0.15, 0.2) is 0 Å². The number of anilines is 1. The molecule has 2 rings (SSSR count). The van der Waals surface area contributed by atoms with E-state index in [1.54, 1.807) is 12.1 Å². The molecule has 2 aromatic carbocycles. The molecule has 0 aliphatic heterocycles. The summed E-state index contributed by atoms with van der Waals surface area (Å²) < 4.78 is 37.4. The molecule has 2 N–H and O–H groups in total. The summed E-state index contributed by atoms with van der Waals surface area (Å²) in [6.45, 7) is 3.35. The lowest BCUT2D eigenvalue weighted by Crippen LogP contribution is -2.41. The van der Waals surface area contributed by atoms with Crippen molar-refractivity contribution in [1.29, 1.82) is 0 Å². The molecule has 0 heterocycles. The largest absolute Gasteiger partial charge is 0.497 e. The van der Waals surface area contributed by atoms with Crippen LogP contribution in [0.4, 0.5) is 5.69 Å². The highest BCUT2D eigenvalue weighted by molar-refractivity contribution is 7.89. The fourth-order valence-electron chi connectivity index (χ4n) is 2.27. The Balaban J connectivity index is 2.11. The zero-order valence-corrected chi connectivity index (χ0v) is 15.9. The lowest BCUT2D eigenvalue weighted by atomic mass is 10.2. The number of carbonyl (C=O) groups is 1. The summed E-state index contributed by atoms with van der Waals surface area (Å²) in [5, 5.41) is 2.68. The van der Waals surface area contributed by atoms with Gasteiger partial charge in [0.25, 0.3) is 0 Å². The summed E-state index contributed by atoms with van der Waals surface area (Å²) in [7, 11) is -0.853. The van der Waals surface area contributed by atoms with Gasteiger partial charge in [-0.3, -0.25) is 4.79 Å². The number of amides is 1. The number of benzene rings is 2. The topological polar surface area (TPSA) is 93.7 Å². The highest BCUT2D eigenvalue weighted by Gasteiger charge is 2.23. The fraction of sp³-hybridized carbons (Fsp3) is 0.278. The van der Waals surface area contributed by atoms with Gasteiger partial charge >= 0.3 is 0 Å². The van der Waals surface area contributed by atoms with Crippen LogP contribution in [0.1, 0.15) is 12.5 Å². The highest BCUT2D eigenvalue weighted by Crippen LogP contribution is 2.25. The number of methoxy groups -OCH3 is 2. The van der Waals surface area contributed by atoms with Crippen LogP contribution in [0.2, 0.25) is 0 Å². The molecule has 0 fully saturated rings. The number of nitrogens with one attached hydrogen (secondary N) is 2. The maximum absolute atomic E-state index is 12.4.